The van der Waals surface area contributed by atoms with E-state index in [-0.39, 0.29) is 0 Å². The van der Waals surface area contributed by atoms with Crippen LogP contribution in [0.5, 0.6) is 0 Å². The van der Waals surface area contributed by atoms with Gasteiger partial charge in [0.05, 0.1) is 6.17 Å². The second-order valence-corrected chi connectivity index (χ2v) is 11.3. The quantitative estimate of drug-likeness (QED) is 0.0885. The van der Waals surface area contributed by atoms with Crippen LogP contribution in [0.3, 0.4) is 0 Å². The number of hydrogen-bond donors (Lipinski definition) is 2. The zero-order chi connectivity index (χ0) is 25.2. The molecule has 3 heteroatoms. The van der Waals surface area contributed by atoms with E-state index in [9.17, 15) is 5.11 Å². The van der Waals surface area contributed by atoms with Gasteiger partial charge in [0.1, 0.15) is 6.23 Å². The van der Waals surface area contributed by atoms with Crippen LogP contribution in [-0.2, 0) is 0 Å². The summed E-state index contributed by atoms with van der Waals surface area (Å²) in [6.07, 6.45) is 37.1. The van der Waals surface area contributed by atoms with E-state index >= 15 is 0 Å². The molecule has 0 aliphatic carbocycles. The largest absolute Gasteiger partial charge is 0.375 e. The first-order chi connectivity index (χ1) is 17.3. The molecule has 1 aliphatic heterocycles. The van der Waals surface area contributed by atoms with E-state index in [1.165, 1.54) is 154 Å². The summed E-state index contributed by atoms with van der Waals surface area (Å²) in [5.74, 6) is 0. The second-order valence-electron chi connectivity index (χ2n) is 11.3. The summed E-state index contributed by atoms with van der Waals surface area (Å²) in [5, 5.41) is 13.5. The summed E-state index contributed by atoms with van der Waals surface area (Å²) in [6, 6.07) is 0. The SMILES string of the molecule is C=CC(O)N1CCNC1CCCCCCCCCCCCCCCCCCCCCCCCCC. The Morgan fingerprint density at radius 2 is 1.00 bits per heavy atom. The van der Waals surface area contributed by atoms with Gasteiger partial charge < -0.3 is 10.4 Å². The standard InChI is InChI=1S/C32H64N2O/c1-3-5-6-7-8-9-10-11-12-13-14-15-16-17-18-19-20-21-22-23-24-25-26-27-28-31-33-29-30-34(31)32(35)4-2/h4,31-33,35H,2-3,5-30H2,1H3. The molecule has 0 spiro atoms. The molecule has 0 bridgehead atoms. The Hall–Kier alpha value is -0.380. The van der Waals surface area contributed by atoms with E-state index in [0.717, 1.165) is 19.5 Å². The smallest absolute Gasteiger partial charge is 0.127 e. The Morgan fingerprint density at radius 3 is 1.34 bits per heavy atom. The fourth-order valence-corrected chi connectivity index (χ4v) is 5.65. The van der Waals surface area contributed by atoms with Crippen molar-refractivity contribution in [3.05, 3.63) is 12.7 Å². The molecule has 1 heterocycles. The first-order valence-corrected chi connectivity index (χ1v) is 16.1. The van der Waals surface area contributed by atoms with Gasteiger partial charge in [0, 0.05) is 13.1 Å². The minimum atomic E-state index is -0.496. The lowest BCUT2D eigenvalue weighted by molar-refractivity contribution is 0.0259. The third kappa shape index (κ3) is 19.4. The normalized spacial score (nSPS) is 17.3. The predicted octanol–water partition coefficient (Wildman–Crippen LogP) is 9.49. The van der Waals surface area contributed by atoms with Crippen molar-refractivity contribution in [3.63, 3.8) is 0 Å². The summed E-state index contributed by atoms with van der Waals surface area (Å²) in [7, 11) is 0. The van der Waals surface area contributed by atoms with Crippen molar-refractivity contribution in [1.82, 2.24) is 10.2 Å². The van der Waals surface area contributed by atoms with E-state index in [1.807, 2.05) is 0 Å². The van der Waals surface area contributed by atoms with Crippen LogP contribution in [0, 0.1) is 0 Å². The molecule has 0 saturated carbocycles. The number of hydrogen-bond acceptors (Lipinski definition) is 3. The highest BCUT2D eigenvalue weighted by atomic mass is 16.3. The lowest BCUT2D eigenvalue weighted by Crippen LogP contribution is -2.41. The molecule has 2 atom stereocenters. The summed E-state index contributed by atoms with van der Waals surface area (Å²) < 4.78 is 0. The van der Waals surface area contributed by atoms with Crippen molar-refractivity contribution >= 4 is 0 Å². The summed E-state index contributed by atoms with van der Waals surface area (Å²) in [4.78, 5) is 2.13. The van der Waals surface area contributed by atoms with Gasteiger partial charge >= 0.3 is 0 Å². The van der Waals surface area contributed by atoms with Gasteiger partial charge in [0.15, 0.2) is 0 Å². The van der Waals surface area contributed by atoms with Crippen molar-refractivity contribution in [1.29, 1.82) is 0 Å². The molecule has 0 radical (unpaired) electrons. The van der Waals surface area contributed by atoms with Gasteiger partial charge in [-0.3, -0.25) is 4.90 Å². The van der Waals surface area contributed by atoms with Crippen LogP contribution >= 0.6 is 0 Å². The molecule has 0 aromatic heterocycles. The zero-order valence-electron chi connectivity index (χ0n) is 23.9. The second kappa shape index (κ2) is 25.3. The highest BCUT2D eigenvalue weighted by Crippen LogP contribution is 2.17. The lowest BCUT2D eigenvalue weighted by atomic mass is 10.0. The van der Waals surface area contributed by atoms with Crippen LogP contribution < -0.4 is 5.32 Å². The highest BCUT2D eigenvalue weighted by Gasteiger charge is 2.26. The molecular weight excluding hydrogens is 428 g/mol. The molecule has 0 aromatic rings. The number of aliphatic hydroxyl groups excluding tert-OH is 1. The molecular formula is C32H64N2O. The van der Waals surface area contributed by atoms with Crippen molar-refractivity contribution in [3.8, 4) is 0 Å². The molecule has 0 amide bonds. The minimum absolute atomic E-state index is 0.336. The topological polar surface area (TPSA) is 35.5 Å². The molecule has 0 aromatic carbocycles. The Balaban J connectivity index is 1.70. The monoisotopic (exact) mass is 493 g/mol. The van der Waals surface area contributed by atoms with Crippen LogP contribution in [0.4, 0.5) is 0 Å². The van der Waals surface area contributed by atoms with Crippen LogP contribution in [0.1, 0.15) is 167 Å². The molecule has 208 valence electrons. The summed E-state index contributed by atoms with van der Waals surface area (Å²) >= 11 is 0. The Labute approximate surface area is 220 Å². The van der Waals surface area contributed by atoms with E-state index < -0.39 is 6.23 Å². The Kier molecular flexibility index (Phi) is 23.6. The summed E-state index contributed by atoms with van der Waals surface area (Å²) in [5.41, 5.74) is 0. The molecule has 1 rings (SSSR count). The number of aliphatic hydroxyl groups is 1. The molecule has 1 aliphatic rings. The van der Waals surface area contributed by atoms with Crippen molar-refractivity contribution in [2.45, 2.75) is 180 Å². The lowest BCUT2D eigenvalue weighted by Gasteiger charge is -2.26. The summed E-state index contributed by atoms with van der Waals surface area (Å²) in [6.45, 7) is 7.93. The van der Waals surface area contributed by atoms with Gasteiger partial charge in [-0.15, -0.1) is 0 Å². The predicted molar refractivity (Wildman–Crippen MR) is 156 cm³/mol. The molecule has 1 fully saturated rings. The number of rotatable bonds is 27. The average Bonchev–Trinajstić information content (AvgIpc) is 3.34. The molecule has 35 heavy (non-hydrogen) atoms. The van der Waals surface area contributed by atoms with Gasteiger partial charge in [0.2, 0.25) is 0 Å². The number of unbranched alkanes of at least 4 members (excludes halogenated alkanes) is 23. The van der Waals surface area contributed by atoms with Crippen LogP contribution in [0.2, 0.25) is 0 Å². The van der Waals surface area contributed by atoms with E-state index in [1.54, 1.807) is 6.08 Å². The maximum absolute atomic E-state index is 9.98. The third-order valence-corrected chi connectivity index (χ3v) is 8.03. The first kappa shape index (κ1) is 32.6. The van der Waals surface area contributed by atoms with Crippen LogP contribution in [0.25, 0.3) is 0 Å². The zero-order valence-corrected chi connectivity index (χ0v) is 23.9. The van der Waals surface area contributed by atoms with Crippen LogP contribution in [0.15, 0.2) is 12.7 Å². The average molecular weight is 493 g/mol. The maximum atomic E-state index is 9.98. The number of nitrogens with zero attached hydrogens (tertiary/aromatic N) is 1. The third-order valence-electron chi connectivity index (χ3n) is 8.03. The Morgan fingerprint density at radius 1 is 0.657 bits per heavy atom. The van der Waals surface area contributed by atoms with Gasteiger partial charge in [0.25, 0.3) is 0 Å². The highest BCUT2D eigenvalue weighted by molar-refractivity contribution is 4.87. The fraction of sp³-hybridized carbons (Fsp3) is 0.938. The number of nitrogens with one attached hydrogen (secondary N) is 1. The van der Waals surface area contributed by atoms with E-state index in [2.05, 4.69) is 23.7 Å². The fourth-order valence-electron chi connectivity index (χ4n) is 5.65. The van der Waals surface area contributed by atoms with Crippen molar-refractivity contribution < 1.29 is 5.11 Å². The molecule has 1 saturated heterocycles. The van der Waals surface area contributed by atoms with Crippen molar-refractivity contribution in [2.75, 3.05) is 13.1 Å². The van der Waals surface area contributed by atoms with E-state index in [4.69, 9.17) is 0 Å². The Bertz CT molecular complexity index is 441. The maximum Gasteiger partial charge on any atom is 0.127 e. The molecule has 3 nitrogen and oxygen atoms in total. The molecule has 2 unspecified atom stereocenters. The van der Waals surface area contributed by atoms with Gasteiger partial charge in [-0.2, -0.15) is 0 Å². The van der Waals surface area contributed by atoms with Gasteiger partial charge in [-0.1, -0.05) is 168 Å². The molecule has 2 N–H and O–H groups in total. The van der Waals surface area contributed by atoms with Gasteiger partial charge in [-0.25, -0.2) is 0 Å². The van der Waals surface area contributed by atoms with Crippen molar-refractivity contribution in [2.24, 2.45) is 0 Å². The van der Waals surface area contributed by atoms with Gasteiger partial charge in [-0.05, 0) is 12.5 Å². The first-order valence-electron chi connectivity index (χ1n) is 16.1. The van der Waals surface area contributed by atoms with Crippen LogP contribution in [-0.4, -0.2) is 35.5 Å². The minimum Gasteiger partial charge on any atom is -0.375 e. The van der Waals surface area contributed by atoms with E-state index in [0.29, 0.717) is 6.17 Å².